The largest absolute Gasteiger partial charge is 0.472 e. The second kappa shape index (κ2) is 6.48. The summed E-state index contributed by atoms with van der Waals surface area (Å²) in [4.78, 5) is 0. The number of rotatable bonds is 3. The van der Waals surface area contributed by atoms with Gasteiger partial charge in [-0.15, -0.1) is 0 Å². The van der Waals surface area contributed by atoms with Gasteiger partial charge < -0.3 is 39.7 Å². The monoisotopic (exact) mass is 330 g/mol. The molecule has 1 saturated heterocycles. The molecule has 3 aliphatic rings. The van der Waals surface area contributed by atoms with E-state index in [0.717, 1.165) is 5.57 Å². The third-order valence-electron chi connectivity index (χ3n) is 4.69. The Hall–Kier alpha value is -1.00. The quantitative estimate of drug-likeness (QED) is 0.384. The Morgan fingerprint density at radius 3 is 2.52 bits per heavy atom. The Kier molecular flexibility index (Phi) is 4.75. The van der Waals surface area contributed by atoms with Crippen LogP contribution in [0.3, 0.4) is 0 Å². The number of hydrogen-bond donors (Lipinski definition) is 5. The first-order valence-corrected chi connectivity index (χ1v) is 7.58. The topological polar surface area (TPSA) is 129 Å². The van der Waals surface area contributed by atoms with Gasteiger partial charge in [-0.3, -0.25) is 0 Å². The third-order valence-corrected chi connectivity index (χ3v) is 4.69. The van der Waals surface area contributed by atoms with Crippen molar-refractivity contribution in [2.24, 2.45) is 11.8 Å². The van der Waals surface area contributed by atoms with Gasteiger partial charge >= 0.3 is 0 Å². The zero-order chi connectivity index (χ0) is 16.7. The van der Waals surface area contributed by atoms with Crippen LogP contribution in [-0.4, -0.2) is 75.2 Å². The Balaban J connectivity index is 1.73. The summed E-state index contributed by atoms with van der Waals surface area (Å²) in [5.41, 5.74) is 0.890. The van der Waals surface area contributed by atoms with Crippen LogP contribution < -0.4 is 0 Å². The van der Waals surface area contributed by atoms with Crippen molar-refractivity contribution in [1.82, 2.24) is 0 Å². The Bertz CT molecular complexity index is 490. The van der Waals surface area contributed by atoms with Gasteiger partial charge in [-0.25, -0.2) is 0 Å². The molecule has 0 saturated carbocycles. The van der Waals surface area contributed by atoms with E-state index in [1.807, 2.05) is 6.92 Å². The van der Waals surface area contributed by atoms with Gasteiger partial charge in [0.15, 0.2) is 6.29 Å². The van der Waals surface area contributed by atoms with E-state index >= 15 is 0 Å². The molecule has 130 valence electrons. The Labute approximate surface area is 133 Å². The van der Waals surface area contributed by atoms with Crippen molar-refractivity contribution in [3.63, 3.8) is 0 Å². The molecule has 0 radical (unpaired) electrons. The number of aliphatic hydroxyl groups excluding tert-OH is 5. The van der Waals surface area contributed by atoms with E-state index in [4.69, 9.17) is 14.2 Å². The van der Waals surface area contributed by atoms with E-state index in [1.165, 1.54) is 6.26 Å². The lowest BCUT2D eigenvalue weighted by Crippen LogP contribution is -2.60. The van der Waals surface area contributed by atoms with Crippen molar-refractivity contribution < 1.29 is 39.7 Å². The second-order valence-electron chi connectivity index (χ2n) is 6.17. The predicted octanol–water partition coefficient (Wildman–Crippen LogP) is -1.77. The molecule has 2 aliphatic heterocycles. The fraction of sp³-hybridized carbons (Fsp3) is 0.733. The molecule has 0 aromatic heterocycles. The zero-order valence-corrected chi connectivity index (χ0v) is 12.6. The minimum atomic E-state index is -1.51. The van der Waals surface area contributed by atoms with Gasteiger partial charge in [0.25, 0.3) is 0 Å². The summed E-state index contributed by atoms with van der Waals surface area (Å²) in [6, 6.07) is 0. The highest BCUT2D eigenvalue weighted by molar-refractivity contribution is 5.23. The molecule has 0 amide bonds. The maximum atomic E-state index is 10.0. The van der Waals surface area contributed by atoms with Gasteiger partial charge in [-0.1, -0.05) is 11.6 Å². The molecule has 0 spiro atoms. The van der Waals surface area contributed by atoms with E-state index in [2.05, 4.69) is 0 Å². The van der Waals surface area contributed by atoms with Gasteiger partial charge in [-0.2, -0.15) is 0 Å². The first-order chi connectivity index (χ1) is 10.9. The van der Waals surface area contributed by atoms with Crippen molar-refractivity contribution in [1.29, 1.82) is 0 Å². The molecule has 3 rings (SSSR count). The average Bonchev–Trinajstić information content (AvgIpc) is 2.83. The van der Waals surface area contributed by atoms with Crippen LogP contribution >= 0.6 is 0 Å². The van der Waals surface area contributed by atoms with Gasteiger partial charge in [-0.05, 0) is 13.0 Å². The van der Waals surface area contributed by atoms with Crippen LogP contribution in [-0.2, 0) is 14.2 Å². The van der Waals surface area contributed by atoms with Crippen LogP contribution in [0.5, 0.6) is 0 Å². The van der Waals surface area contributed by atoms with Crippen molar-refractivity contribution >= 4 is 0 Å². The lowest BCUT2D eigenvalue weighted by Gasteiger charge is -2.42. The van der Waals surface area contributed by atoms with E-state index in [9.17, 15) is 25.5 Å². The summed E-state index contributed by atoms with van der Waals surface area (Å²) in [5.74, 6) is -0.444. The summed E-state index contributed by atoms with van der Waals surface area (Å²) >= 11 is 0. The van der Waals surface area contributed by atoms with Crippen molar-refractivity contribution in [3.8, 4) is 0 Å². The van der Waals surface area contributed by atoms with Gasteiger partial charge in [0.05, 0.1) is 24.9 Å². The summed E-state index contributed by atoms with van der Waals surface area (Å²) in [6.07, 6.45) is -3.32. The highest BCUT2D eigenvalue weighted by atomic mass is 16.8. The van der Waals surface area contributed by atoms with E-state index in [-0.39, 0.29) is 11.8 Å². The average molecular weight is 330 g/mol. The molecule has 1 fully saturated rings. The number of aliphatic hydroxyl groups is 5. The van der Waals surface area contributed by atoms with Crippen LogP contribution in [0.4, 0.5) is 0 Å². The standard InChI is InChI=1S/C15H22O8/c1-6-4-8(17)7-2-3-21-14(10(6)7)23-15-13(20)12(19)11(18)9(5-16)22-15/h2-4,7-20H,5H2,1H3/t7-,8-,9+,10+,11+,12-,13+,14-,15-/m0/s1. The number of ether oxygens (including phenoxy) is 3. The lowest BCUT2D eigenvalue weighted by molar-refractivity contribution is -0.339. The highest BCUT2D eigenvalue weighted by Crippen LogP contribution is 2.40. The first-order valence-electron chi connectivity index (χ1n) is 7.58. The molecule has 0 aromatic carbocycles. The van der Waals surface area contributed by atoms with E-state index in [0.29, 0.717) is 0 Å². The summed E-state index contributed by atoms with van der Waals surface area (Å²) in [7, 11) is 0. The molecule has 0 unspecified atom stereocenters. The molecule has 5 N–H and O–H groups in total. The van der Waals surface area contributed by atoms with Crippen LogP contribution in [0.15, 0.2) is 24.0 Å². The molecule has 9 atom stereocenters. The van der Waals surface area contributed by atoms with Gasteiger partial charge in [0.2, 0.25) is 6.29 Å². The predicted molar refractivity (Wildman–Crippen MR) is 75.6 cm³/mol. The summed E-state index contributed by atoms with van der Waals surface area (Å²) in [5, 5.41) is 48.8. The molecule has 0 bridgehead atoms. The maximum absolute atomic E-state index is 10.0. The summed E-state index contributed by atoms with van der Waals surface area (Å²) in [6.45, 7) is 1.32. The molecule has 8 nitrogen and oxygen atoms in total. The molecule has 23 heavy (non-hydrogen) atoms. The zero-order valence-electron chi connectivity index (χ0n) is 12.6. The molecule has 8 heteroatoms. The highest BCUT2D eigenvalue weighted by Gasteiger charge is 2.48. The molecule has 2 heterocycles. The first kappa shape index (κ1) is 16.8. The van der Waals surface area contributed by atoms with Crippen molar-refractivity contribution in [3.05, 3.63) is 24.0 Å². The second-order valence-corrected chi connectivity index (χ2v) is 6.17. The Morgan fingerprint density at radius 1 is 1.09 bits per heavy atom. The molecule has 0 aromatic rings. The molecular formula is C15H22O8. The van der Waals surface area contributed by atoms with E-state index in [1.54, 1.807) is 12.2 Å². The summed E-state index contributed by atoms with van der Waals surface area (Å²) < 4.78 is 16.4. The van der Waals surface area contributed by atoms with Crippen LogP contribution in [0.2, 0.25) is 0 Å². The lowest BCUT2D eigenvalue weighted by atomic mass is 9.88. The van der Waals surface area contributed by atoms with Gasteiger partial charge in [0, 0.05) is 5.92 Å². The van der Waals surface area contributed by atoms with Crippen LogP contribution in [0.25, 0.3) is 0 Å². The SMILES string of the molecule is CC1=C[C@H](O)[C@@H]2C=CO[C@@H](O[C@@H]3O[C@H](CO)[C@@H](O)[C@H](O)[C@H]3O)[C@H]12. The smallest absolute Gasteiger partial charge is 0.208 e. The Morgan fingerprint density at radius 2 is 1.83 bits per heavy atom. The van der Waals surface area contributed by atoms with E-state index < -0.39 is 49.7 Å². The molecular weight excluding hydrogens is 308 g/mol. The normalized spacial score (nSPS) is 49.5. The van der Waals surface area contributed by atoms with Gasteiger partial charge in [0.1, 0.15) is 24.4 Å². The maximum Gasteiger partial charge on any atom is 0.208 e. The fourth-order valence-corrected chi connectivity index (χ4v) is 3.36. The van der Waals surface area contributed by atoms with Crippen molar-refractivity contribution in [2.75, 3.05) is 6.61 Å². The van der Waals surface area contributed by atoms with Crippen LogP contribution in [0, 0.1) is 11.8 Å². The molecule has 1 aliphatic carbocycles. The van der Waals surface area contributed by atoms with Crippen LogP contribution in [0.1, 0.15) is 6.92 Å². The van der Waals surface area contributed by atoms with Crippen molar-refractivity contribution in [2.45, 2.75) is 50.0 Å². The number of fused-ring (bicyclic) bond motifs is 1. The fourth-order valence-electron chi connectivity index (χ4n) is 3.36. The minimum Gasteiger partial charge on any atom is -0.472 e. The third kappa shape index (κ3) is 2.91. The minimum absolute atomic E-state index is 0.196. The number of hydrogen-bond acceptors (Lipinski definition) is 8.